The molecule has 1 fully saturated rings. The first-order valence-electron chi connectivity index (χ1n) is 10.2. The van der Waals surface area contributed by atoms with Gasteiger partial charge in [-0.05, 0) is 56.7 Å². The monoisotopic (exact) mass is 376 g/mol. The van der Waals surface area contributed by atoms with Crippen molar-refractivity contribution in [2.75, 3.05) is 6.54 Å². The predicted octanol–water partition coefficient (Wildman–Crippen LogP) is 4.76. The van der Waals surface area contributed by atoms with E-state index in [1.54, 1.807) is 6.34 Å². The number of aliphatic imine (C=N–C) groups is 1. The number of aryl methyl sites for hydroxylation is 1. The van der Waals surface area contributed by atoms with Crippen LogP contribution in [-0.2, 0) is 6.42 Å². The fourth-order valence-corrected chi connectivity index (χ4v) is 4.29. The van der Waals surface area contributed by atoms with Gasteiger partial charge in [-0.3, -0.25) is 0 Å². The van der Waals surface area contributed by atoms with Crippen LogP contribution in [0.25, 0.3) is 5.70 Å². The van der Waals surface area contributed by atoms with Crippen molar-refractivity contribution in [3.8, 4) is 0 Å². The fourth-order valence-electron chi connectivity index (χ4n) is 4.29. The second-order valence-corrected chi connectivity index (χ2v) is 7.61. The number of hydrogen-bond acceptors (Lipinski definition) is 5. The summed E-state index contributed by atoms with van der Waals surface area (Å²) in [4.78, 5) is 7.43. The summed E-state index contributed by atoms with van der Waals surface area (Å²) in [6.45, 7) is 1.06. The van der Waals surface area contributed by atoms with Gasteiger partial charge in [0.2, 0.25) is 0 Å². The highest BCUT2D eigenvalue weighted by atomic mass is 15.1. The topological polar surface area (TPSA) is 88.4 Å². The minimum atomic E-state index is 0.330. The molecule has 2 heterocycles. The van der Waals surface area contributed by atoms with Crippen molar-refractivity contribution in [1.29, 1.82) is 5.53 Å². The van der Waals surface area contributed by atoms with E-state index < -0.39 is 0 Å². The minimum absolute atomic E-state index is 0.330. The molecule has 6 nitrogen and oxygen atoms in total. The molecule has 4 rings (SSSR count). The molecule has 0 saturated heterocycles. The van der Waals surface area contributed by atoms with E-state index in [1.807, 2.05) is 12.3 Å². The van der Waals surface area contributed by atoms with Crippen LogP contribution in [-0.4, -0.2) is 23.9 Å². The molecule has 1 aromatic heterocycles. The van der Waals surface area contributed by atoms with Crippen molar-refractivity contribution >= 4 is 17.9 Å². The van der Waals surface area contributed by atoms with Gasteiger partial charge in [-0.25, -0.2) is 10.5 Å². The van der Waals surface area contributed by atoms with Crippen molar-refractivity contribution in [2.45, 2.75) is 44.6 Å². The van der Waals surface area contributed by atoms with Crippen LogP contribution >= 0.6 is 0 Å². The maximum Gasteiger partial charge on any atom is 0.141 e. The van der Waals surface area contributed by atoms with E-state index in [-0.39, 0.29) is 0 Å². The largest absolute Gasteiger partial charge is 0.346 e. The Bertz CT molecular complexity index is 843. The number of nitrogens with one attached hydrogen (secondary N) is 4. The van der Waals surface area contributed by atoms with Crippen LogP contribution in [0.3, 0.4) is 0 Å². The second-order valence-electron chi connectivity index (χ2n) is 7.61. The number of aromatic nitrogens is 1. The lowest BCUT2D eigenvalue weighted by Gasteiger charge is -2.30. The number of hydrogen-bond donors (Lipinski definition) is 4. The highest BCUT2D eigenvalue weighted by Gasteiger charge is 2.27. The zero-order valence-corrected chi connectivity index (χ0v) is 16.1. The Hall–Kier alpha value is -2.73. The number of H-pyrrole nitrogens is 1. The maximum absolute atomic E-state index is 7.75. The summed E-state index contributed by atoms with van der Waals surface area (Å²) in [5, 5.41) is 10.9. The summed E-state index contributed by atoms with van der Waals surface area (Å²) in [6, 6.07) is 13.3. The van der Waals surface area contributed by atoms with Gasteiger partial charge in [0.25, 0.3) is 0 Å². The standard InChI is InChI=1S/C22H28N6/c23-28-20(21-19-12-14-25-22(19)27-15-26-21)17-8-10-18(11-9-17)24-13-4-7-16-5-2-1-3-6-16/h1-3,5-6,12,14-15,17-18,23-25H,4,7-11,13H2,(H,26,27)/b21-20-,28-23?/t17-,18+. The molecule has 1 aromatic carbocycles. The third-order valence-electron chi connectivity index (χ3n) is 5.81. The van der Waals surface area contributed by atoms with Crippen LogP contribution in [0.2, 0.25) is 0 Å². The van der Waals surface area contributed by atoms with Gasteiger partial charge in [0.05, 0.1) is 17.7 Å². The quantitative estimate of drug-likeness (QED) is 0.415. The normalized spacial score (nSPS) is 23.0. The van der Waals surface area contributed by atoms with Crippen molar-refractivity contribution < 1.29 is 0 Å². The Morgan fingerprint density at radius 3 is 2.75 bits per heavy atom. The molecule has 0 atom stereocenters. The molecule has 1 aliphatic carbocycles. The lowest BCUT2D eigenvalue weighted by Crippen LogP contribution is -2.34. The number of allylic oxidation sites excluding steroid dienone is 1. The number of benzene rings is 1. The van der Waals surface area contributed by atoms with Gasteiger partial charge < -0.3 is 15.6 Å². The molecule has 0 unspecified atom stereocenters. The van der Waals surface area contributed by atoms with Crippen molar-refractivity contribution in [2.24, 2.45) is 16.0 Å². The van der Waals surface area contributed by atoms with Gasteiger partial charge in [0.15, 0.2) is 0 Å². The average molecular weight is 377 g/mol. The number of nitrogens with zero attached hydrogens (tertiary/aromatic N) is 2. The first kappa shape index (κ1) is 18.6. The molecule has 28 heavy (non-hydrogen) atoms. The Morgan fingerprint density at radius 1 is 1.14 bits per heavy atom. The summed E-state index contributed by atoms with van der Waals surface area (Å²) < 4.78 is 0. The summed E-state index contributed by atoms with van der Waals surface area (Å²) in [7, 11) is 0. The van der Waals surface area contributed by atoms with Crippen molar-refractivity contribution in [3.05, 3.63) is 59.4 Å². The van der Waals surface area contributed by atoms with Crippen molar-refractivity contribution in [1.82, 2.24) is 15.6 Å². The smallest absolute Gasteiger partial charge is 0.141 e. The van der Waals surface area contributed by atoms with E-state index >= 15 is 0 Å². The molecule has 0 bridgehead atoms. The van der Waals surface area contributed by atoms with E-state index in [0.717, 1.165) is 61.4 Å². The Balaban J connectivity index is 1.28. The molecule has 1 aliphatic heterocycles. The van der Waals surface area contributed by atoms with Crippen LogP contribution in [0.4, 0.5) is 5.82 Å². The third kappa shape index (κ3) is 4.22. The average Bonchev–Trinajstić information content (AvgIpc) is 3.23. The van der Waals surface area contributed by atoms with E-state index in [1.165, 1.54) is 12.0 Å². The highest BCUT2D eigenvalue weighted by molar-refractivity contribution is 5.87. The van der Waals surface area contributed by atoms with Gasteiger partial charge >= 0.3 is 0 Å². The number of fused-ring (bicyclic) bond motifs is 1. The molecule has 1 saturated carbocycles. The second kappa shape index (κ2) is 8.97. The van der Waals surface area contributed by atoms with Crippen LogP contribution in [0.15, 0.2) is 58.4 Å². The van der Waals surface area contributed by atoms with E-state index in [0.29, 0.717) is 12.0 Å². The third-order valence-corrected chi connectivity index (χ3v) is 5.81. The van der Waals surface area contributed by atoms with Crippen molar-refractivity contribution in [3.63, 3.8) is 0 Å². The first-order chi connectivity index (χ1) is 13.8. The van der Waals surface area contributed by atoms with Gasteiger partial charge in [0.1, 0.15) is 5.82 Å². The minimum Gasteiger partial charge on any atom is -0.346 e. The van der Waals surface area contributed by atoms with Gasteiger partial charge in [0, 0.05) is 23.7 Å². The van der Waals surface area contributed by atoms with Crippen LogP contribution in [0.1, 0.15) is 43.2 Å². The SMILES string of the molecule is N=N/C(=C1\NC=Nc2[nH]ccc21)[C@H]1CC[C@@H](NCCCc2ccccc2)CC1. The molecular formula is C22H28N6. The lowest BCUT2D eigenvalue weighted by molar-refractivity contribution is 0.316. The van der Waals surface area contributed by atoms with E-state index in [9.17, 15) is 0 Å². The molecule has 2 aliphatic rings. The lowest BCUT2D eigenvalue weighted by atomic mass is 9.83. The molecule has 0 radical (unpaired) electrons. The van der Waals surface area contributed by atoms with E-state index in [4.69, 9.17) is 5.53 Å². The van der Waals surface area contributed by atoms with Crippen LogP contribution in [0, 0.1) is 11.4 Å². The molecule has 0 spiro atoms. The zero-order valence-electron chi connectivity index (χ0n) is 16.1. The van der Waals surface area contributed by atoms with Gasteiger partial charge in [-0.1, -0.05) is 30.3 Å². The highest BCUT2D eigenvalue weighted by Crippen LogP contribution is 2.37. The Kier molecular flexibility index (Phi) is 5.97. The van der Waals surface area contributed by atoms with Crippen LogP contribution < -0.4 is 10.6 Å². The summed E-state index contributed by atoms with van der Waals surface area (Å²) >= 11 is 0. The molecule has 2 aromatic rings. The molecule has 146 valence electrons. The molecule has 0 amide bonds. The van der Waals surface area contributed by atoms with Gasteiger partial charge in [-0.2, -0.15) is 5.11 Å². The molecular weight excluding hydrogens is 348 g/mol. The fraction of sp³-hybridized carbons (Fsp3) is 0.409. The number of aromatic amines is 1. The zero-order chi connectivity index (χ0) is 19.2. The summed E-state index contributed by atoms with van der Waals surface area (Å²) in [6.07, 6.45) is 10.3. The van der Waals surface area contributed by atoms with Crippen LogP contribution in [0.5, 0.6) is 0 Å². The summed E-state index contributed by atoms with van der Waals surface area (Å²) in [5.74, 6) is 1.17. The van der Waals surface area contributed by atoms with Gasteiger partial charge in [-0.15, -0.1) is 0 Å². The maximum atomic E-state index is 7.75. The molecule has 4 N–H and O–H groups in total. The Labute approximate surface area is 166 Å². The van der Waals surface area contributed by atoms with E-state index in [2.05, 4.69) is 56.1 Å². The number of rotatable bonds is 7. The summed E-state index contributed by atoms with van der Waals surface area (Å²) in [5.41, 5.74) is 12.0. The molecule has 6 heteroatoms. The predicted molar refractivity (Wildman–Crippen MR) is 113 cm³/mol. The first-order valence-corrected chi connectivity index (χ1v) is 10.2. The Morgan fingerprint density at radius 2 is 1.96 bits per heavy atom.